The number of hydrogen-bond donors (Lipinski definition) is 2. The van der Waals surface area contributed by atoms with E-state index < -0.39 is 24.0 Å². The van der Waals surface area contributed by atoms with Crippen LogP contribution in [0.5, 0.6) is 0 Å². The molecule has 1 aliphatic rings. The summed E-state index contributed by atoms with van der Waals surface area (Å²) in [6, 6.07) is 7.74. The number of ether oxygens (including phenoxy) is 2. The first-order chi connectivity index (χ1) is 12.5. The third-order valence-corrected chi connectivity index (χ3v) is 5.04. The highest BCUT2D eigenvalue weighted by Gasteiger charge is 2.37. The first kappa shape index (κ1) is 18.4. The molecule has 1 fully saturated rings. The van der Waals surface area contributed by atoms with Crippen molar-refractivity contribution in [1.82, 2.24) is 5.32 Å². The van der Waals surface area contributed by atoms with Crippen LogP contribution < -0.4 is 10.6 Å². The van der Waals surface area contributed by atoms with E-state index >= 15 is 0 Å². The van der Waals surface area contributed by atoms with E-state index in [-0.39, 0.29) is 17.4 Å². The predicted molar refractivity (Wildman–Crippen MR) is 96.4 cm³/mol. The minimum absolute atomic E-state index is 0.244. The van der Waals surface area contributed by atoms with E-state index in [1.54, 1.807) is 35.7 Å². The molecule has 2 aromatic rings. The molecule has 0 spiro atoms. The van der Waals surface area contributed by atoms with E-state index in [2.05, 4.69) is 10.6 Å². The SMILES string of the molecule is COC(=O)c1sccc1NC(=O)[C@H]1OCC(=O)N[C@@H]1c1ccccc1Cl. The van der Waals surface area contributed by atoms with E-state index in [1.807, 2.05) is 0 Å². The van der Waals surface area contributed by atoms with E-state index in [0.29, 0.717) is 16.3 Å². The monoisotopic (exact) mass is 394 g/mol. The molecule has 1 aromatic heterocycles. The van der Waals surface area contributed by atoms with Crippen LogP contribution >= 0.6 is 22.9 Å². The van der Waals surface area contributed by atoms with Crippen molar-refractivity contribution in [2.24, 2.45) is 0 Å². The topological polar surface area (TPSA) is 93.7 Å². The zero-order valence-electron chi connectivity index (χ0n) is 13.7. The van der Waals surface area contributed by atoms with Crippen LogP contribution in [0.4, 0.5) is 5.69 Å². The second-order valence-electron chi connectivity index (χ2n) is 5.44. The molecule has 26 heavy (non-hydrogen) atoms. The Hall–Kier alpha value is -2.42. The predicted octanol–water partition coefficient (Wildman–Crippen LogP) is 2.38. The third kappa shape index (κ3) is 3.72. The second-order valence-corrected chi connectivity index (χ2v) is 6.77. The summed E-state index contributed by atoms with van der Waals surface area (Å²) in [5.41, 5.74) is 0.895. The van der Waals surface area contributed by atoms with E-state index in [4.69, 9.17) is 21.1 Å². The molecule has 0 radical (unpaired) electrons. The van der Waals surface area contributed by atoms with Gasteiger partial charge in [0.05, 0.1) is 18.8 Å². The number of rotatable bonds is 4. The van der Waals surface area contributed by atoms with Gasteiger partial charge >= 0.3 is 5.97 Å². The van der Waals surface area contributed by atoms with Crippen molar-refractivity contribution < 1.29 is 23.9 Å². The summed E-state index contributed by atoms with van der Waals surface area (Å²) in [6.45, 7) is -0.244. The molecule has 3 rings (SSSR count). The Morgan fingerprint density at radius 3 is 2.85 bits per heavy atom. The van der Waals surface area contributed by atoms with E-state index in [9.17, 15) is 14.4 Å². The first-order valence-electron chi connectivity index (χ1n) is 7.63. The Balaban J connectivity index is 1.85. The smallest absolute Gasteiger partial charge is 0.350 e. The molecule has 2 atom stereocenters. The average molecular weight is 395 g/mol. The summed E-state index contributed by atoms with van der Waals surface area (Å²) >= 11 is 7.36. The van der Waals surface area contributed by atoms with Crippen LogP contribution in [0.15, 0.2) is 35.7 Å². The number of benzene rings is 1. The zero-order chi connectivity index (χ0) is 18.7. The molecule has 2 amide bonds. The Morgan fingerprint density at radius 1 is 1.35 bits per heavy atom. The zero-order valence-corrected chi connectivity index (χ0v) is 15.2. The van der Waals surface area contributed by atoms with Crippen LogP contribution in [0.25, 0.3) is 0 Å². The van der Waals surface area contributed by atoms with Crippen LogP contribution in [0.2, 0.25) is 5.02 Å². The molecular formula is C17H15ClN2O5S. The lowest BCUT2D eigenvalue weighted by atomic mass is 9.99. The van der Waals surface area contributed by atoms with Gasteiger partial charge in [0.15, 0.2) is 6.10 Å². The number of morpholine rings is 1. The van der Waals surface area contributed by atoms with Gasteiger partial charge in [0.1, 0.15) is 11.5 Å². The largest absolute Gasteiger partial charge is 0.465 e. The minimum Gasteiger partial charge on any atom is -0.465 e. The molecule has 7 nitrogen and oxygen atoms in total. The normalized spacial score (nSPS) is 19.5. The van der Waals surface area contributed by atoms with Gasteiger partial charge in [0, 0.05) is 5.02 Å². The van der Waals surface area contributed by atoms with E-state index in [0.717, 1.165) is 11.3 Å². The van der Waals surface area contributed by atoms with Crippen LogP contribution in [0, 0.1) is 0 Å². The molecule has 2 heterocycles. The lowest BCUT2D eigenvalue weighted by Crippen LogP contribution is -2.50. The number of anilines is 1. The van der Waals surface area contributed by atoms with Gasteiger partial charge in [-0.25, -0.2) is 4.79 Å². The quantitative estimate of drug-likeness (QED) is 0.776. The van der Waals surface area contributed by atoms with Gasteiger partial charge in [0.25, 0.3) is 5.91 Å². The van der Waals surface area contributed by atoms with Crippen molar-refractivity contribution in [3.63, 3.8) is 0 Å². The molecular weight excluding hydrogens is 380 g/mol. The van der Waals surface area contributed by atoms with Crippen LogP contribution in [-0.2, 0) is 19.1 Å². The number of methoxy groups -OCH3 is 1. The second kappa shape index (κ2) is 7.86. The minimum atomic E-state index is -1.00. The molecule has 0 unspecified atom stereocenters. The summed E-state index contributed by atoms with van der Waals surface area (Å²) in [6.07, 6.45) is -1.00. The van der Waals surface area contributed by atoms with Crippen LogP contribution in [0.3, 0.4) is 0 Å². The lowest BCUT2D eigenvalue weighted by Gasteiger charge is -2.32. The Labute approximate surface area is 158 Å². The standard InChI is InChI=1S/C17H15ClN2O5S/c1-24-17(23)15-11(6-7-26-15)19-16(22)14-13(20-12(21)8-25-14)9-4-2-3-5-10(9)18/h2-7,13-14H,8H2,1H3,(H,19,22)(H,20,21)/t13-,14+/m1/s1. The van der Waals surface area contributed by atoms with Crippen molar-refractivity contribution in [2.75, 3.05) is 19.0 Å². The van der Waals surface area contributed by atoms with Gasteiger partial charge in [-0.1, -0.05) is 29.8 Å². The number of hydrogen-bond acceptors (Lipinski definition) is 6. The van der Waals surface area contributed by atoms with Gasteiger partial charge in [-0.2, -0.15) is 0 Å². The van der Waals surface area contributed by atoms with Crippen molar-refractivity contribution in [3.05, 3.63) is 51.2 Å². The number of carbonyl (C=O) groups excluding carboxylic acids is 3. The summed E-state index contributed by atoms with van der Waals surface area (Å²) in [7, 11) is 1.26. The fourth-order valence-electron chi connectivity index (χ4n) is 2.61. The van der Waals surface area contributed by atoms with Crippen LogP contribution in [0.1, 0.15) is 21.3 Å². The molecule has 1 aromatic carbocycles. The maximum absolute atomic E-state index is 12.8. The highest BCUT2D eigenvalue weighted by Crippen LogP contribution is 2.30. The summed E-state index contributed by atoms with van der Waals surface area (Å²) in [4.78, 5) is 36.5. The van der Waals surface area contributed by atoms with Crippen molar-refractivity contribution in [1.29, 1.82) is 0 Å². The third-order valence-electron chi connectivity index (χ3n) is 3.81. The Morgan fingerprint density at radius 2 is 2.12 bits per heavy atom. The Kier molecular flexibility index (Phi) is 5.55. The molecule has 1 saturated heterocycles. The highest BCUT2D eigenvalue weighted by atomic mass is 35.5. The summed E-state index contributed by atoms with van der Waals surface area (Å²) in [5, 5.41) is 7.47. The Bertz CT molecular complexity index is 853. The summed E-state index contributed by atoms with van der Waals surface area (Å²) in [5.74, 6) is -1.39. The fourth-order valence-corrected chi connectivity index (χ4v) is 3.63. The summed E-state index contributed by atoms with van der Waals surface area (Å²) < 4.78 is 10.2. The number of halogens is 1. The van der Waals surface area contributed by atoms with Crippen molar-refractivity contribution >= 4 is 46.4 Å². The fraction of sp³-hybridized carbons (Fsp3) is 0.235. The number of nitrogens with one attached hydrogen (secondary N) is 2. The van der Waals surface area contributed by atoms with Gasteiger partial charge in [-0.3, -0.25) is 9.59 Å². The van der Waals surface area contributed by atoms with Gasteiger partial charge < -0.3 is 20.1 Å². The van der Waals surface area contributed by atoms with Gasteiger partial charge in [-0.05, 0) is 23.1 Å². The molecule has 9 heteroatoms. The molecule has 1 aliphatic heterocycles. The first-order valence-corrected chi connectivity index (χ1v) is 8.89. The lowest BCUT2D eigenvalue weighted by molar-refractivity contribution is -0.145. The number of thiophene rings is 1. The molecule has 0 saturated carbocycles. The van der Waals surface area contributed by atoms with Crippen molar-refractivity contribution in [2.45, 2.75) is 12.1 Å². The number of esters is 1. The number of carbonyl (C=O) groups is 3. The highest BCUT2D eigenvalue weighted by molar-refractivity contribution is 7.12. The molecule has 2 N–H and O–H groups in total. The van der Waals surface area contributed by atoms with Crippen molar-refractivity contribution in [3.8, 4) is 0 Å². The van der Waals surface area contributed by atoms with E-state index in [1.165, 1.54) is 7.11 Å². The van der Waals surface area contributed by atoms with Gasteiger partial charge in [-0.15, -0.1) is 11.3 Å². The van der Waals surface area contributed by atoms with Gasteiger partial charge in [0.2, 0.25) is 5.91 Å². The maximum atomic E-state index is 12.8. The molecule has 0 aliphatic carbocycles. The number of amides is 2. The van der Waals surface area contributed by atoms with Crippen LogP contribution in [-0.4, -0.2) is 37.6 Å². The molecule has 0 bridgehead atoms. The maximum Gasteiger partial charge on any atom is 0.350 e. The molecule has 136 valence electrons. The average Bonchev–Trinajstić information content (AvgIpc) is 3.09.